The molecule has 1 aromatic carbocycles. The highest BCUT2D eigenvalue weighted by atomic mass is 16.5. The number of aromatic nitrogens is 2. The normalized spacial score (nSPS) is 11.0. The smallest absolute Gasteiger partial charge is 0.157 e. The van der Waals surface area contributed by atoms with Crippen molar-refractivity contribution in [1.29, 1.82) is 0 Å². The molecule has 0 amide bonds. The zero-order chi connectivity index (χ0) is 14.4. The molecule has 4 nitrogen and oxygen atoms in total. The number of ether oxygens (including phenoxy) is 1. The predicted octanol–water partition coefficient (Wildman–Crippen LogP) is 2.54. The van der Waals surface area contributed by atoms with Crippen molar-refractivity contribution in [2.45, 2.75) is 32.9 Å². The number of benzene rings is 1. The molecule has 0 aliphatic carbocycles. The number of aryl methyl sites for hydroxylation is 1. The first-order valence-corrected chi connectivity index (χ1v) is 7.06. The fourth-order valence-electron chi connectivity index (χ4n) is 1.95. The molecule has 0 aliphatic heterocycles. The fraction of sp³-hybridized carbons (Fsp3) is 0.438. The van der Waals surface area contributed by atoms with Crippen LogP contribution in [-0.2, 0) is 20.1 Å². The molecular weight excluding hydrogens is 250 g/mol. The second-order valence-electron chi connectivity index (χ2n) is 5.31. The predicted molar refractivity (Wildman–Crippen MR) is 80.8 cm³/mol. The number of hydrogen-bond donors (Lipinski definition) is 1. The van der Waals surface area contributed by atoms with Gasteiger partial charge in [-0.2, -0.15) is 5.10 Å². The molecule has 0 unspecified atom stereocenters. The van der Waals surface area contributed by atoms with Gasteiger partial charge in [0.2, 0.25) is 0 Å². The van der Waals surface area contributed by atoms with E-state index in [1.807, 2.05) is 13.2 Å². The maximum absolute atomic E-state index is 5.67. The number of rotatable bonds is 7. The third-order valence-electron chi connectivity index (χ3n) is 3.08. The van der Waals surface area contributed by atoms with Gasteiger partial charge in [-0.25, -0.2) is 0 Å². The second-order valence-corrected chi connectivity index (χ2v) is 5.31. The molecule has 1 heterocycles. The summed E-state index contributed by atoms with van der Waals surface area (Å²) in [6.07, 6.45) is 4.65. The molecule has 0 spiro atoms. The first-order chi connectivity index (χ1) is 9.63. The minimum absolute atomic E-state index is 0.544. The fourth-order valence-corrected chi connectivity index (χ4v) is 1.95. The Kier molecular flexibility index (Phi) is 5.18. The van der Waals surface area contributed by atoms with Crippen LogP contribution in [0.1, 0.15) is 25.0 Å². The molecule has 0 atom stereocenters. The van der Waals surface area contributed by atoms with E-state index in [1.54, 1.807) is 10.9 Å². The highest BCUT2D eigenvalue weighted by molar-refractivity contribution is 5.23. The van der Waals surface area contributed by atoms with Gasteiger partial charge in [-0.05, 0) is 24.1 Å². The summed E-state index contributed by atoms with van der Waals surface area (Å²) >= 11 is 0. The Hall–Kier alpha value is -1.81. The molecule has 0 radical (unpaired) electrons. The lowest BCUT2D eigenvalue weighted by Crippen LogP contribution is -2.24. The van der Waals surface area contributed by atoms with E-state index in [9.17, 15) is 0 Å². The van der Waals surface area contributed by atoms with Crippen LogP contribution in [0, 0.1) is 0 Å². The molecule has 0 aliphatic rings. The highest BCUT2D eigenvalue weighted by Gasteiger charge is 1.99. The molecule has 4 heteroatoms. The van der Waals surface area contributed by atoms with E-state index in [4.69, 9.17) is 4.74 Å². The molecule has 20 heavy (non-hydrogen) atoms. The quantitative estimate of drug-likeness (QED) is 0.842. The summed E-state index contributed by atoms with van der Waals surface area (Å²) in [7, 11) is 1.88. The van der Waals surface area contributed by atoms with E-state index in [1.165, 1.54) is 11.1 Å². The Morgan fingerprint density at radius 3 is 2.50 bits per heavy atom. The van der Waals surface area contributed by atoms with E-state index >= 15 is 0 Å². The van der Waals surface area contributed by atoms with Crippen molar-refractivity contribution in [2.24, 2.45) is 7.05 Å². The largest absolute Gasteiger partial charge is 0.486 e. The monoisotopic (exact) mass is 273 g/mol. The van der Waals surface area contributed by atoms with Crippen molar-refractivity contribution in [3.05, 3.63) is 47.8 Å². The number of nitrogens with zero attached hydrogens (tertiary/aromatic N) is 2. The van der Waals surface area contributed by atoms with Crippen LogP contribution in [-0.4, -0.2) is 22.4 Å². The summed E-state index contributed by atoms with van der Waals surface area (Å²) in [4.78, 5) is 0. The third kappa shape index (κ3) is 4.70. The van der Waals surface area contributed by atoms with E-state index in [2.05, 4.69) is 48.5 Å². The van der Waals surface area contributed by atoms with Crippen LogP contribution in [0.15, 0.2) is 36.7 Å². The van der Waals surface area contributed by atoms with Gasteiger partial charge in [0.05, 0.1) is 12.4 Å². The lowest BCUT2D eigenvalue weighted by molar-refractivity contribution is 0.306. The van der Waals surface area contributed by atoms with Crippen LogP contribution in [0.3, 0.4) is 0 Å². The van der Waals surface area contributed by atoms with Crippen LogP contribution in [0.4, 0.5) is 0 Å². The zero-order valence-corrected chi connectivity index (χ0v) is 12.5. The average molecular weight is 273 g/mol. The van der Waals surface area contributed by atoms with Gasteiger partial charge in [-0.1, -0.05) is 38.1 Å². The second kappa shape index (κ2) is 7.10. The van der Waals surface area contributed by atoms with E-state index in [0.717, 1.165) is 18.7 Å². The molecule has 1 aromatic heterocycles. The molecule has 2 rings (SSSR count). The van der Waals surface area contributed by atoms with Gasteiger partial charge in [-0.15, -0.1) is 0 Å². The van der Waals surface area contributed by atoms with E-state index < -0.39 is 0 Å². The summed E-state index contributed by atoms with van der Waals surface area (Å²) in [5, 5.41) is 7.50. The maximum Gasteiger partial charge on any atom is 0.157 e. The van der Waals surface area contributed by atoms with Crippen LogP contribution in [0.25, 0.3) is 0 Å². The van der Waals surface area contributed by atoms with Gasteiger partial charge in [0.25, 0.3) is 0 Å². The van der Waals surface area contributed by atoms with Crippen molar-refractivity contribution in [2.75, 3.05) is 6.54 Å². The summed E-state index contributed by atoms with van der Waals surface area (Å²) < 4.78 is 7.41. The lowest BCUT2D eigenvalue weighted by atomic mass is 10.1. The molecule has 0 saturated carbocycles. The molecule has 1 N–H and O–H groups in total. The zero-order valence-electron chi connectivity index (χ0n) is 12.5. The Labute approximate surface area is 120 Å². The van der Waals surface area contributed by atoms with Crippen LogP contribution in [0.5, 0.6) is 5.75 Å². The van der Waals surface area contributed by atoms with Crippen LogP contribution >= 0.6 is 0 Å². The molecule has 2 aromatic rings. The van der Waals surface area contributed by atoms with E-state index in [0.29, 0.717) is 12.6 Å². The Bertz CT molecular complexity index is 517. The Morgan fingerprint density at radius 1 is 1.20 bits per heavy atom. The van der Waals surface area contributed by atoms with Crippen molar-refractivity contribution in [3.8, 4) is 5.75 Å². The summed E-state index contributed by atoms with van der Waals surface area (Å²) in [5.41, 5.74) is 2.53. The summed E-state index contributed by atoms with van der Waals surface area (Å²) in [6, 6.07) is 9.14. The molecule has 0 bridgehead atoms. The van der Waals surface area contributed by atoms with Crippen molar-refractivity contribution in [3.63, 3.8) is 0 Å². The van der Waals surface area contributed by atoms with Crippen LogP contribution in [0.2, 0.25) is 0 Å². The first-order valence-electron chi connectivity index (χ1n) is 7.06. The van der Waals surface area contributed by atoms with Gasteiger partial charge < -0.3 is 10.1 Å². The Balaban J connectivity index is 1.79. The van der Waals surface area contributed by atoms with Crippen LogP contribution < -0.4 is 10.1 Å². The summed E-state index contributed by atoms with van der Waals surface area (Å²) in [5.74, 6) is 0.803. The number of hydrogen-bond acceptors (Lipinski definition) is 3. The molecule has 0 saturated heterocycles. The van der Waals surface area contributed by atoms with Gasteiger partial charge in [0.15, 0.2) is 5.75 Å². The third-order valence-corrected chi connectivity index (χ3v) is 3.08. The molecule has 0 fully saturated rings. The highest BCUT2D eigenvalue weighted by Crippen LogP contribution is 2.11. The minimum atomic E-state index is 0.544. The summed E-state index contributed by atoms with van der Waals surface area (Å²) in [6.45, 7) is 5.93. The SMILES string of the molecule is CC(C)NCCc1ccc(COc2cnn(C)c2)cc1. The lowest BCUT2D eigenvalue weighted by Gasteiger charge is -2.08. The Morgan fingerprint density at radius 2 is 1.90 bits per heavy atom. The maximum atomic E-state index is 5.67. The number of nitrogens with one attached hydrogen (secondary N) is 1. The van der Waals surface area contributed by atoms with Crippen molar-refractivity contribution >= 4 is 0 Å². The first kappa shape index (κ1) is 14.6. The van der Waals surface area contributed by atoms with Gasteiger partial charge >= 0.3 is 0 Å². The van der Waals surface area contributed by atoms with Gasteiger partial charge in [0, 0.05) is 13.1 Å². The molecular formula is C16H23N3O. The standard InChI is InChI=1S/C16H23N3O/c1-13(2)17-9-8-14-4-6-15(7-5-14)12-20-16-10-18-19(3)11-16/h4-7,10-11,13,17H,8-9,12H2,1-3H3. The topological polar surface area (TPSA) is 39.1 Å². The van der Waals surface area contributed by atoms with Crippen molar-refractivity contribution in [1.82, 2.24) is 15.1 Å². The van der Waals surface area contributed by atoms with Gasteiger partial charge in [0.1, 0.15) is 6.61 Å². The average Bonchev–Trinajstić information content (AvgIpc) is 2.83. The minimum Gasteiger partial charge on any atom is -0.486 e. The van der Waals surface area contributed by atoms with E-state index in [-0.39, 0.29) is 0 Å². The molecule has 108 valence electrons. The van der Waals surface area contributed by atoms with Crippen molar-refractivity contribution < 1.29 is 4.74 Å². The van der Waals surface area contributed by atoms with Gasteiger partial charge in [-0.3, -0.25) is 4.68 Å².